The van der Waals surface area contributed by atoms with Crippen molar-refractivity contribution in [3.63, 3.8) is 0 Å². The van der Waals surface area contributed by atoms with Gasteiger partial charge in [0.15, 0.2) is 16.6 Å². The monoisotopic (exact) mass is 399 g/mol. The van der Waals surface area contributed by atoms with E-state index in [1.165, 1.54) is 23.5 Å². The Labute approximate surface area is 165 Å². The fourth-order valence-electron chi connectivity index (χ4n) is 3.48. The zero-order valence-electron chi connectivity index (χ0n) is 15.0. The van der Waals surface area contributed by atoms with Gasteiger partial charge in [0.25, 0.3) is 5.91 Å². The topological polar surface area (TPSA) is 54.9 Å². The molecule has 3 aromatic rings. The molecule has 1 aromatic heterocycles. The van der Waals surface area contributed by atoms with Crippen molar-refractivity contribution in [2.75, 3.05) is 37.7 Å². The molecule has 5 rings (SSSR count). The van der Waals surface area contributed by atoms with Gasteiger partial charge < -0.3 is 19.3 Å². The Bertz CT molecular complexity index is 1030. The van der Waals surface area contributed by atoms with E-state index in [2.05, 4.69) is 9.88 Å². The van der Waals surface area contributed by atoms with Crippen LogP contribution in [0, 0.1) is 5.82 Å². The van der Waals surface area contributed by atoms with Crippen molar-refractivity contribution in [1.29, 1.82) is 0 Å². The molecule has 0 radical (unpaired) electrons. The van der Waals surface area contributed by atoms with E-state index >= 15 is 0 Å². The van der Waals surface area contributed by atoms with Gasteiger partial charge in [0.1, 0.15) is 12.4 Å². The van der Waals surface area contributed by atoms with Gasteiger partial charge in [-0.05, 0) is 30.3 Å². The Morgan fingerprint density at radius 3 is 2.71 bits per heavy atom. The quantitative estimate of drug-likeness (QED) is 0.663. The van der Waals surface area contributed by atoms with Crippen LogP contribution in [0.3, 0.4) is 0 Å². The molecule has 1 saturated heterocycles. The standard InChI is InChI=1S/C20H18FN3O3S/c21-13-5-6-14-18(11-13)28-20(22-14)24-9-7-23(8-10-24)19(25)17-12-26-15-3-1-2-4-16(15)27-17/h1-6,11,17H,7-10,12H2/t17-/m1/s1. The summed E-state index contributed by atoms with van der Waals surface area (Å²) in [4.78, 5) is 21.4. The Morgan fingerprint density at radius 2 is 1.89 bits per heavy atom. The third-order valence-corrected chi connectivity index (χ3v) is 6.06. The van der Waals surface area contributed by atoms with Gasteiger partial charge in [0.2, 0.25) is 6.10 Å². The van der Waals surface area contributed by atoms with Gasteiger partial charge in [-0.3, -0.25) is 4.79 Å². The van der Waals surface area contributed by atoms with E-state index < -0.39 is 6.10 Å². The molecule has 2 aliphatic rings. The van der Waals surface area contributed by atoms with Crippen LogP contribution in [-0.4, -0.2) is 54.7 Å². The first-order valence-corrected chi connectivity index (χ1v) is 9.97. The van der Waals surface area contributed by atoms with Crippen LogP contribution in [0.15, 0.2) is 42.5 Å². The van der Waals surface area contributed by atoms with E-state index in [0.717, 1.165) is 15.3 Å². The predicted molar refractivity (Wildman–Crippen MR) is 105 cm³/mol. The van der Waals surface area contributed by atoms with Crippen molar-refractivity contribution >= 4 is 32.6 Å². The minimum atomic E-state index is -0.619. The van der Waals surface area contributed by atoms with Gasteiger partial charge in [-0.25, -0.2) is 9.37 Å². The molecule has 8 heteroatoms. The van der Waals surface area contributed by atoms with Crippen molar-refractivity contribution in [2.24, 2.45) is 0 Å². The number of hydrogen-bond acceptors (Lipinski definition) is 6. The van der Waals surface area contributed by atoms with Crippen LogP contribution in [0.2, 0.25) is 0 Å². The van der Waals surface area contributed by atoms with Crippen LogP contribution in [0.4, 0.5) is 9.52 Å². The van der Waals surface area contributed by atoms with E-state index in [1.807, 2.05) is 29.2 Å². The van der Waals surface area contributed by atoms with Crippen molar-refractivity contribution < 1.29 is 18.7 Å². The lowest BCUT2D eigenvalue weighted by Gasteiger charge is -2.37. The number of halogens is 1. The number of nitrogens with zero attached hydrogens (tertiary/aromatic N) is 3. The molecule has 0 spiro atoms. The number of hydrogen-bond donors (Lipinski definition) is 0. The molecule has 0 saturated carbocycles. The Hall–Kier alpha value is -2.87. The second-order valence-corrected chi connectivity index (χ2v) is 7.79. The molecule has 1 atom stereocenters. The maximum absolute atomic E-state index is 13.4. The zero-order valence-corrected chi connectivity index (χ0v) is 15.8. The number of ether oxygens (including phenoxy) is 2. The number of anilines is 1. The van der Waals surface area contributed by atoms with Crippen LogP contribution in [0.1, 0.15) is 0 Å². The average Bonchev–Trinajstić information content (AvgIpc) is 3.16. The second kappa shape index (κ2) is 6.94. The molecule has 3 heterocycles. The highest BCUT2D eigenvalue weighted by atomic mass is 32.1. The van der Waals surface area contributed by atoms with Gasteiger partial charge in [0.05, 0.1) is 10.2 Å². The fourth-order valence-corrected chi connectivity index (χ4v) is 4.53. The van der Waals surface area contributed by atoms with E-state index in [0.29, 0.717) is 37.7 Å². The molecule has 1 amide bonds. The van der Waals surface area contributed by atoms with Gasteiger partial charge >= 0.3 is 0 Å². The van der Waals surface area contributed by atoms with Crippen LogP contribution >= 0.6 is 11.3 Å². The molecule has 2 aliphatic heterocycles. The normalized spacial score (nSPS) is 19.1. The number of carbonyl (C=O) groups excluding carboxylic acids is 1. The summed E-state index contributed by atoms with van der Waals surface area (Å²) in [5.74, 6) is 0.964. The van der Waals surface area contributed by atoms with Crippen molar-refractivity contribution in [3.05, 3.63) is 48.3 Å². The minimum Gasteiger partial charge on any atom is -0.485 e. The number of amides is 1. The van der Waals surface area contributed by atoms with E-state index in [9.17, 15) is 9.18 Å². The van der Waals surface area contributed by atoms with Crippen molar-refractivity contribution in [3.8, 4) is 11.5 Å². The first kappa shape index (κ1) is 17.2. The third-order valence-electron chi connectivity index (χ3n) is 4.99. The molecule has 2 aromatic carbocycles. The molecule has 6 nitrogen and oxygen atoms in total. The maximum atomic E-state index is 13.4. The lowest BCUT2D eigenvalue weighted by molar-refractivity contribution is -0.141. The first-order chi connectivity index (χ1) is 13.7. The molecule has 144 valence electrons. The molecule has 0 bridgehead atoms. The molecular formula is C20H18FN3O3S. The van der Waals surface area contributed by atoms with Gasteiger partial charge in [-0.1, -0.05) is 23.5 Å². The number of rotatable bonds is 2. The highest BCUT2D eigenvalue weighted by molar-refractivity contribution is 7.22. The first-order valence-electron chi connectivity index (χ1n) is 9.16. The van der Waals surface area contributed by atoms with Crippen LogP contribution < -0.4 is 14.4 Å². The second-order valence-electron chi connectivity index (χ2n) is 6.79. The molecule has 0 unspecified atom stereocenters. The van der Waals surface area contributed by atoms with E-state index in [1.54, 1.807) is 6.07 Å². The number of piperazine rings is 1. The third kappa shape index (κ3) is 3.13. The maximum Gasteiger partial charge on any atom is 0.267 e. The minimum absolute atomic E-state index is 0.0551. The lowest BCUT2D eigenvalue weighted by atomic mass is 10.2. The summed E-state index contributed by atoms with van der Waals surface area (Å²) in [7, 11) is 0. The van der Waals surface area contributed by atoms with Gasteiger partial charge in [-0.15, -0.1) is 0 Å². The van der Waals surface area contributed by atoms with Crippen LogP contribution in [0.25, 0.3) is 10.2 Å². The number of benzene rings is 2. The van der Waals surface area contributed by atoms with E-state index in [-0.39, 0.29) is 18.3 Å². The number of fused-ring (bicyclic) bond motifs is 2. The SMILES string of the molecule is O=C([C@H]1COc2ccccc2O1)N1CCN(c2nc3ccc(F)cc3s2)CC1. The van der Waals surface area contributed by atoms with Crippen LogP contribution in [-0.2, 0) is 4.79 Å². The molecule has 28 heavy (non-hydrogen) atoms. The van der Waals surface area contributed by atoms with Gasteiger partial charge in [-0.2, -0.15) is 0 Å². The van der Waals surface area contributed by atoms with Gasteiger partial charge in [0, 0.05) is 26.2 Å². The largest absolute Gasteiger partial charge is 0.485 e. The summed E-state index contributed by atoms with van der Waals surface area (Å²) in [6, 6.07) is 12.0. The summed E-state index contributed by atoms with van der Waals surface area (Å²) in [6.45, 7) is 2.76. The molecule has 0 N–H and O–H groups in total. The van der Waals surface area contributed by atoms with Crippen molar-refractivity contribution in [2.45, 2.75) is 6.10 Å². The van der Waals surface area contributed by atoms with Crippen LogP contribution in [0.5, 0.6) is 11.5 Å². The Balaban J connectivity index is 1.23. The Morgan fingerprint density at radius 1 is 1.11 bits per heavy atom. The average molecular weight is 399 g/mol. The number of para-hydroxylation sites is 2. The smallest absolute Gasteiger partial charge is 0.267 e. The zero-order chi connectivity index (χ0) is 19.1. The molecule has 0 aliphatic carbocycles. The van der Waals surface area contributed by atoms with E-state index in [4.69, 9.17) is 9.47 Å². The molecular weight excluding hydrogens is 381 g/mol. The predicted octanol–water partition coefficient (Wildman–Crippen LogP) is 2.92. The number of aromatic nitrogens is 1. The summed E-state index contributed by atoms with van der Waals surface area (Å²) in [6.07, 6.45) is -0.619. The lowest BCUT2D eigenvalue weighted by Crippen LogP contribution is -2.54. The Kier molecular flexibility index (Phi) is 4.27. The van der Waals surface area contributed by atoms with Crippen molar-refractivity contribution in [1.82, 2.24) is 9.88 Å². The highest BCUT2D eigenvalue weighted by Crippen LogP contribution is 2.32. The highest BCUT2D eigenvalue weighted by Gasteiger charge is 2.33. The number of thiazole rings is 1. The summed E-state index contributed by atoms with van der Waals surface area (Å²) in [5, 5.41) is 0.860. The summed E-state index contributed by atoms with van der Waals surface area (Å²) >= 11 is 1.47. The number of carbonyl (C=O) groups is 1. The molecule has 1 fully saturated rings. The summed E-state index contributed by atoms with van der Waals surface area (Å²) in [5.41, 5.74) is 0.798. The fraction of sp³-hybridized carbons (Fsp3) is 0.300. The summed E-state index contributed by atoms with van der Waals surface area (Å²) < 4.78 is 25.7.